The van der Waals surface area contributed by atoms with Gasteiger partial charge in [-0.05, 0) is 73.1 Å². The summed E-state index contributed by atoms with van der Waals surface area (Å²) >= 11 is 0. The molecular formula is C54H84BN3O19W2Y2. The van der Waals surface area contributed by atoms with Crippen LogP contribution in [0, 0.1) is 11.5 Å². The first-order valence-corrected chi connectivity index (χ1v) is 23.3. The second kappa shape index (κ2) is 64.8. The summed E-state index contributed by atoms with van der Waals surface area (Å²) in [4.78, 5) is 77.7. The van der Waals surface area contributed by atoms with E-state index in [0.717, 1.165) is 19.3 Å². The molecule has 0 spiro atoms. The molecule has 0 aliphatic heterocycles. The number of carboxylic acids is 2. The average Bonchev–Trinajstić information content (AvgIpc) is 3.38. The van der Waals surface area contributed by atoms with Gasteiger partial charge in [-0.25, -0.2) is 14.4 Å². The number of nitrogens with two attached hydrogens (primary N) is 1. The topological polar surface area (TPSA) is 369 Å². The number of phenols is 3. The molecule has 0 heterocycles. The second-order valence-corrected chi connectivity index (χ2v) is 14.5. The van der Waals surface area contributed by atoms with Crippen LogP contribution in [0.25, 0.3) is 0 Å². The molecule has 0 unspecified atom stereocenters. The molecule has 81 heavy (non-hydrogen) atoms. The number of hydrogen-bond donors (Lipinski definition) is 9. The molecule has 27 heteroatoms. The van der Waals surface area contributed by atoms with E-state index in [2.05, 4.69) is 26.5 Å². The summed E-state index contributed by atoms with van der Waals surface area (Å²) in [6.07, 6.45) is 13.4. The minimum atomic E-state index is -1.28. The average molecular weight is 1640 g/mol. The molecule has 0 fully saturated rings. The molecule has 0 saturated heterocycles. The van der Waals surface area contributed by atoms with E-state index >= 15 is 0 Å². The zero-order valence-corrected chi connectivity index (χ0v) is 56.6. The van der Waals surface area contributed by atoms with Gasteiger partial charge in [0.15, 0.2) is 0 Å². The van der Waals surface area contributed by atoms with E-state index in [9.17, 15) is 48.9 Å². The number of nitrogens with one attached hydrogen (secondary N) is 1. The van der Waals surface area contributed by atoms with E-state index in [1.165, 1.54) is 75.1 Å². The number of hydrogen-bond acceptors (Lipinski definition) is 19. The van der Waals surface area contributed by atoms with E-state index in [-0.39, 0.29) is 241 Å². The molecule has 22 nitrogen and oxygen atoms in total. The number of aromatic hydroxyl groups is 3. The minimum absolute atomic E-state index is 0. The number of aliphatic hydroxyl groups excluding tert-OH is 1. The van der Waals surface area contributed by atoms with Crippen molar-refractivity contribution >= 4 is 48.6 Å². The summed E-state index contributed by atoms with van der Waals surface area (Å²) in [5, 5.41) is 72.8. The second-order valence-electron chi connectivity index (χ2n) is 14.5. The normalized spacial score (nSPS) is 8.85. The van der Waals surface area contributed by atoms with Crippen molar-refractivity contribution in [3.05, 3.63) is 107 Å². The number of aliphatic carboxylic acids is 1. The van der Waals surface area contributed by atoms with Crippen molar-refractivity contribution in [2.24, 2.45) is 5.73 Å². The number of carbonyl (C=O) groups is 7. The van der Waals surface area contributed by atoms with Crippen LogP contribution in [0.5, 0.6) is 23.0 Å². The van der Waals surface area contributed by atoms with Crippen LogP contribution in [0.3, 0.4) is 0 Å². The van der Waals surface area contributed by atoms with Gasteiger partial charge in [-0.2, -0.15) is 0 Å². The predicted molar refractivity (Wildman–Crippen MR) is 294 cm³/mol. The number of amides is 1. The van der Waals surface area contributed by atoms with Gasteiger partial charge in [0, 0.05) is 133 Å². The SMILES string of the molecule is C.C.C.CB(O)CCCO.CC.CC/C=C\CC(=O)NCCOC(=O)Cc1ccc(O)c(C(=O)O)c1.CCC/C=C\CC(=O)O.COC(=O)c1cc(CC(=O)OCCN)ccc1O.COC(=O)c1cc(OC#N)ccc1O.[W].[W].[Y].[Y]. The molecule has 3 rings (SSSR count). The minimum Gasteiger partial charge on any atom is -0.507 e. The number of methoxy groups -OCH3 is 2. The number of aliphatic hydroxyl groups is 1. The summed E-state index contributed by atoms with van der Waals surface area (Å²) in [5.74, 6) is -5.13. The van der Waals surface area contributed by atoms with Crippen molar-refractivity contribution in [1.29, 1.82) is 5.26 Å². The van der Waals surface area contributed by atoms with Crippen LogP contribution >= 0.6 is 0 Å². The van der Waals surface area contributed by atoms with Gasteiger partial charge in [0.25, 0.3) is 13.2 Å². The van der Waals surface area contributed by atoms with E-state index in [0.29, 0.717) is 23.9 Å². The van der Waals surface area contributed by atoms with Crippen molar-refractivity contribution in [3.63, 3.8) is 0 Å². The molecule has 0 bridgehead atoms. The fourth-order valence-corrected chi connectivity index (χ4v) is 4.98. The number of phenolic OH excluding ortho intramolecular Hbond substituents is 2. The largest absolute Gasteiger partial charge is 0.507 e. The van der Waals surface area contributed by atoms with E-state index in [4.69, 9.17) is 40.8 Å². The van der Waals surface area contributed by atoms with E-state index < -0.39 is 35.8 Å². The molecule has 3 aromatic carbocycles. The van der Waals surface area contributed by atoms with Gasteiger partial charge in [-0.15, -0.1) is 5.26 Å². The number of carboxylic acid groups (broad SMARTS) is 2. The predicted octanol–water partition coefficient (Wildman–Crippen LogP) is 7.63. The number of aromatic carboxylic acids is 1. The van der Waals surface area contributed by atoms with Crippen LogP contribution in [0.1, 0.15) is 131 Å². The zero-order valence-electron chi connectivity index (χ0n) is 45.0. The smallest absolute Gasteiger partial charge is 0.341 e. The first-order chi connectivity index (χ1) is 35.2. The quantitative estimate of drug-likeness (QED) is 0.0110. The first kappa shape index (κ1) is 98.7. The number of unbranched alkanes of at least 4 members (excludes halogenated alkanes) is 1. The Kier molecular flexibility index (Phi) is 79.0. The van der Waals surface area contributed by atoms with Gasteiger partial charge in [0.05, 0.1) is 40.0 Å². The van der Waals surface area contributed by atoms with E-state index in [1.54, 1.807) is 19.0 Å². The Bertz CT molecular complexity index is 2270. The first-order valence-electron chi connectivity index (χ1n) is 23.3. The molecule has 10 N–H and O–H groups in total. The van der Waals surface area contributed by atoms with Gasteiger partial charge < -0.3 is 70.4 Å². The number of nitriles is 1. The Morgan fingerprint density at radius 1 is 0.704 bits per heavy atom. The monoisotopic (exact) mass is 1640 g/mol. The van der Waals surface area contributed by atoms with Crippen LogP contribution in [0.2, 0.25) is 13.1 Å². The van der Waals surface area contributed by atoms with Gasteiger partial charge in [0.2, 0.25) is 5.91 Å². The van der Waals surface area contributed by atoms with Crippen molar-refractivity contribution in [3.8, 4) is 29.3 Å². The number of carbonyl (C=O) groups excluding carboxylic acids is 5. The Hall–Kier alpha value is -4.35. The van der Waals surface area contributed by atoms with Crippen LogP contribution in [0.15, 0.2) is 78.9 Å². The number of benzene rings is 3. The van der Waals surface area contributed by atoms with Gasteiger partial charge in [0.1, 0.15) is 52.9 Å². The molecule has 0 aliphatic rings. The number of ether oxygens (including phenoxy) is 5. The molecule has 2 radical (unpaired) electrons. The summed E-state index contributed by atoms with van der Waals surface area (Å²) in [6, 6.07) is 12.0. The van der Waals surface area contributed by atoms with Gasteiger partial charge in [-0.1, -0.05) is 99.7 Å². The Morgan fingerprint density at radius 2 is 1.16 bits per heavy atom. The molecule has 0 saturated carbocycles. The molecule has 1 amide bonds. The molecule has 0 atom stereocenters. The molecule has 3 aromatic rings. The third-order valence-corrected chi connectivity index (χ3v) is 8.46. The summed E-state index contributed by atoms with van der Waals surface area (Å²) in [5.41, 5.74) is 5.88. The van der Waals surface area contributed by atoms with Gasteiger partial charge in [-0.3, -0.25) is 19.2 Å². The Morgan fingerprint density at radius 3 is 1.57 bits per heavy atom. The fraction of sp³-hybridized carbons (Fsp3) is 0.444. The summed E-state index contributed by atoms with van der Waals surface area (Å²) in [7, 11) is 2.41. The third-order valence-electron chi connectivity index (χ3n) is 8.46. The Balaban J connectivity index is -0.0000000995. The molecule has 0 aliphatic carbocycles. The fourth-order valence-electron chi connectivity index (χ4n) is 4.98. The summed E-state index contributed by atoms with van der Waals surface area (Å²) in [6.45, 7) is 10.3. The number of esters is 4. The maximum absolute atomic E-state index is 11.7. The Labute approximate surface area is 557 Å². The third kappa shape index (κ3) is 53.4. The molecule has 450 valence electrons. The molecule has 0 aromatic heterocycles. The number of rotatable bonds is 23. The van der Waals surface area contributed by atoms with Crippen molar-refractivity contribution in [1.82, 2.24) is 5.32 Å². The van der Waals surface area contributed by atoms with Crippen LogP contribution < -0.4 is 15.8 Å². The standard InChI is InChI=1S/C17H21NO6.C12H15NO5.C9H7NO4.C7H12O2.C4H11BO2.C2H6.3CH4.2W.2Y/c1-2-3-4-5-15(20)18-8-9-24-16(21)11-12-6-7-14(19)13(10-12)17(22)23;1-17-12(16)9-6-8(2-3-10(9)14)7-11(15)18-5-4-13;1-13-9(12)7-4-6(14-5-10)2-3-8(7)11;1-2-3-4-5-6-7(8)9;1-5(7)3-2-4-6;1-2;;;;;;;/h3-4,6-7,10,19H,2,5,8-9,11H2,1H3,(H,18,20)(H,22,23);2-3,6,14H,4-5,7,13H2,1H3;2-4,11H,1H3;4-5H,2-3,6H2,1H3,(H,8,9);6-7H,2-4H2,1H3;1-2H3;3*1H4;;;;/b4-3-;;;5-4-;;;;;;;;;. The van der Waals surface area contributed by atoms with Crippen molar-refractivity contribution < 1.29 is 200 Å². The van der Waals surface area contributed by atoms with Crippen LogP contribution in [-0.2, 0) is 159 Å². The zero-order chi connectivity index (χ0) is 56.9. The van der Waals surface area contributed by atoms with Crippen molar-refractivity contribution in [2.45, 2.75) is 114 Å². The van der Waals surface area contributed by atoms with Gasteiger partial charge >= 0.3 is 35.8 Å². The van der Waals surface area contributed by atoms with Crippen LogP contribution in [0.4, 0.5) is 0 Å². The van der Waals surface area contributed by atoms with Crippen LogP contribution in [-0.4, -0.2) is 131 Å². The molecular weight excluding hydrogens is 1550 g/mol. The summed E-state index contributed by atoms with van der Waals surface area (Å²) < 4.78 is 23.2. The van der Waals surface area contributed by atoms with E-state index in [1.807, 2.05) is 32.9 Å². The maximum Gasteiger partial charge on any atom is 0.341 e. The maximum atomic E-state index is 11.7. The number of allylic oxidation sites excluding steroid dienone is 2. The number of nitrogens with zero attached hydrogens (tertiary/aromatic N) is 1. The van der Waals surface area contributed by atoms with Crippen molar-refractivity contribution in [2.75, 3.05) is 47.1 Å².